The van der Waals surface area contributed by atoms with Gasteiger partial charge in [0.15, 0.2) is 17.5 Å². The molecule has 5 heteroatoms. The van der Waals surface area contributed by atoms with Crippen LogP contribution in [-0.2, 0) is 0 Å². The van der Waals surface area contributed by atoms with Crippen molar-refractivity contribution < 1.29 is 0 Å². The highest BCUT2D eigenvalue weighted by Crippen LogP contribution is 2.47. The predicted molar refractivity (Wildman–Crippen MR) is 297 cm³/mol. The van der Waals surface area contributed by atoms with E-state index in [1.54, 1.807) is 0 Å². The lowest BCUT2D eigenvalue weighted by molar-refractivity contribution is 1.07. The second kappa shape index (κ2) is 18.6. The summed E-state index contributed by atoms with van der Waals surface area (Å²) in [5.74, 6) is 1.87. The van der Waals surface area contributed by atoms with Gasteiger partial charge in [-0.1, -0.05) is 231 Å². The van der Waals surface area contributed by atoms with Crippen LogP contribution in [0.25, 0.3) is 111 Å². The summed E-state index contributed by atoms with van der Waals surface area (Å²) in [5, 5.41) is 4.74. The molecule has 11 aromatic carbocycles. The number of benzene rings is 11. The van der Waals surface area contributed by atoms with Gasteiger partial charge in [-0.05, 0) is 101 Å². The van der Waals surface area contributed by atoms with Crippen molar-refractivity contribution in [3.63, 3.8) is 0 Å². The van der Waals surface area contributed by atoms with E-state index < -0.39 is 0 Å². The number of rotatable bonds is 10. The van der Waals surface area contributed by atoms with Crippen LogP contribution in [0.1, 0.15) is 0 Å². The average Bonchev–Trinajstić information content (AvgIpc) is 3.45. The third-order valence-corrected chi connectivity index (χ3v) is 13.5. The largest absolute Gasteiger partial charge is 0.397 e. The fraction of sp³-hybridized carbons (Fsp3) is 0.0152. The Kier molecular flexibility index (Phi) is 11.2. The van der Waals surface area contributed by atoms with E-state index in [1.165, 1.54) is 32.7 Å². The third-order valence-electron chi connectivity index (χ3n) is 13.5. The van der Waals surface area contributed by atoms with Gasteiger partial charge in [0.05, 0.1) is 11.4 Å². The Bertz CT molecular complexity index is 3850. The fourth-order valence-corrected chi connectivity index (χ4v) is 9.83. The van der Waals surface area contributed by atoms with Crippen LogP contribution in [0.2, 0.25) is 0 Å². The first-order valence-electron chi connectivity index (χ1n) is 23.9. The van der Waals surface area contributed by atoms with Crippen molar-refractivity contribution in [1.82, 2.24) is 15.0 Å². The Balaban J connectivity index is 0.941. The smallest absolute Gasteiger partial charge is 0.164 e. The number of hydrogen-bond acceptors (Lipinski definition) is 5. The highest BCUT2D eigenvalue weighted by atomic mass is 15.1. The van der Waals surface area contributed by atoms with E-state index in [1.807, 2.05) is 54.6 Å². The van der Waals surface area contributed by atoms with Crippen LogP contribution in [0, 0.1) is 0 Å². The summed E-state index contributed by atoms with van der Waals surface area (Å²) in [4.78, 5) is 17.3. The van der Waals surface area contributed by atoms with Crippen molar-refractivity contribution in [1.29, 1.82) is 0 Å². The molecule has 0 saturated carbocycles. The van der Waals surface area contributed by atoms with Crippen LogP contribution in [-0.4, -0.2) is 22.0 Å². The number of nitrogen functional groups attached to an aromatic ring is 1. The number of aromatic nitrogens is 3. The predicted octanol–water partition coefficient (Wildman–Crippen LogP) is 16.9. The summed E-state index contributed by atoms with van der Waals surface area (Å²) in [5.41, 5.74) is 23.6. The highest BCUT2D eigenvalue weighted by molar-refractivity contribution is 6.15. The number of hydrogen-bond donors (Lipinski definition) is 1. The maximum absolute atomic E-state index is 6.73. The summed E-state index contributed by atoms with van der Waals surface area (Å²) in [6.45, 7) is 0. The molecule has 0 radical (unpaired) electrons. The lowest BCUT2D eigenvalue weighted by Gasteiger charge is -2.22. The van der Waals surface area contributed by atoms with E-state index in [0.29, 0.717) is 17.5 Å². The second-order valence-corrected chi connectivity index (χ2v) is 17.9. The maximum atomic E-state index is 6.73. The van der Waals surface area contributed by atoms with Crippen molar-refractivity contribution >= 4 is 38.6 Å². The lowest BCUT2D eigenvalue weighted by atomic mass is 9.83. The minimum Gasteiger partial charge on any atom is -0.397 e. The summed E-state index contributed by atoms with van der Waals surface area (Å²) >= 11 is 0. The Hall–Kier alpha value is -9.45. The van der Waals surface area contributed by atoms with Gasteiger partial charge in [-0.25, -0.2) is 15.0 Å². The molecule has 0 aliphatic rings. The Morgan fingerprint density at radius 3 is 1.14 bits per heavy atom. The molecule has 2 N–H and O–H groups in total. The molecule has 0 aliphatic carbocycles. The molecular weight excluding hydrogens is 863 g/mol. The highest BCUT2D eigenvalue weighted by Gasteiger charge is 2.20. The Morgan fingerprint density at radius 2 is 0.662 bits per heavy atom. The van der Waals surface area contributed by atoms with E-state index in [9.17, 15) is 0 Å². The fourth-order valence-electron chi connectivity index (χ4n) is 9.83. The SMILES string of the molecule is CN(c1ccccc1)c1ccc(-c2ccc(-c3ccc4ccccc4c3-c3c(-c4ccc(-c5nc(-c6ccccc6)nc(-c6ccc(-c7ccccc7)cc6)n5)cc4)ccc4ccccc34)cc2)cc1N. The monoisotopic (exact) mass is 909 g/mol. The zero-order valence-corrected chi connectivity index (χ0v) is 39.1. The minimum atomic E-state index is 0.615. The number of anilines is 3. The molecule has 71 heavy (non-hydrogen) atoms. The first-order chi connectivity index (χ1) is 35.0. The summed E-state index contributed by atoms with van der Waals surface area (Å²) in [7, 11) is 2.05. The van der Waals surface area contributed by atoms with Crippen LogP contribution in [0.5, 0.6) is 0 Å². The van der Waals surface area contributed by atoms with Gasteiger partial charge >= 0.3 is 0 Å². The molecule has 336 valence electrons. The minimum absolute atomic E-state index is 0.615. The molecule has 0 amide bonds. The van der Waals surface area contributed by atoms with Gasteiger partial charge in [0.1, 0.15) is 0 Å². The van der Waals surface area contributed by atoms with E-state index in [2.05, 4.69) is 212 Å². The quantitative estimate of drug-likeness (QED) is 0.138. The Labute approximate surface area is 413 Å². The average molecular weight is 910 g/mol. The molecule has 0 fully saturated rings. The molecule has 12 rings (SSSR count). The molecule has 1 heterocycles. The molecule has 12 aromatic rings. The normalized spacial score (nSPS) is 11.2. The van der Waals surface area contributed by atoms with Crippen LogP contribution in [0.4, 0.5) is 17.1 Å². The van der Waals surface area contributed by atoms with Crippen molar-refractivity contribution in [2.45, 2.75) is 0 Å². The number of fused-ring (bicyclic) bond motifs is 2. The van der Waals surface area contributed by atoms with Crippen molar-refractivity contribution in [3.8, 4) is 89.8 Å². The maximum Gasteiger partial charge on any atom is 0.164 e. The third kappa shape index (κ3) is 8.36. The van der Waals surface area contributed by atoms with Gasteiger partial charge < -0.3 is 10.6 Å². The molecule has 5 nitrogen and oxygen atoms in total. The first-order valence-corrected chi connectivity index (χ1v) is 23.9. The van der Waals surface area contributed by atoms with Gasteiger partial charge in [0.25, 0.3) is 0 Å². The van der Waals surface area contributed by atoms with Crippen molar-refractivity contribution in [2.24, 2.45) is 0 Å². The summed E-state index contributed by atoms with van der Waals surface area (Å²) in [6.07, 6.45) is 0. The van der Waals surface area contributed by atoms with Crippen molar-refractivity contribution in [3.05, 3.63) is 255 Å². The van der Waals surface area contributed by atoms with Gasteiger partial charge in [-0.2, -0.15) is 0 Å². The van der Waals surface area contributed by atoms with E-state index in [-0.39, 0.29) is 0 Å². The topological polar surface area (TPSA) is 67.9 Å². The summed E-state index contributed by atoms with van der Waals surface area (Å²) in [6, 6.07) is 89.7. The first kappa shape index (κ1) is 42.9. The number of para-hydroxylation sites is 1. The van der Waals surface area contributed by atoms with E-state index in [0.717, 1.165) is 78.3 Å². The number of nitrogens with two attached hydrogens (primary N) is 1. The van der Waals surface area contributed by atoms with Crippen LogP contribution < -0.4 is 10.6 Å². The van der Waals surface area contributed by atoms with E-state index in [4.69, 9.17) is 20.7 Å². The molecule has 1 aromatic heterocycles. The molecule has 0 unspecified atom stereocenters. The zero-order valence-electron chi connectivity index (χ0n) is 39.1. The standard InChI is InChI=1S/C66H47N5/c1-71(55-21-9-4-10-22-55)61-42-39-54(43-60(61)67)46-25-29-49(30-26-46)58-40-37-47-17-11-13-23-56(47)62(58)63-57-24-14-12-18-48(57)38-41-59(63)50-31-35-53(36-32-50)66-69-64(51-19-7-3-8-20-51)68-65(70-66)52-33-27-45(28-34-52)44-15-5-2-6-16-44/h2-43H,67H2,1H3. The van der Waals surface area contributed by atoms with Crippen LogP contribution >= 0.6 is 0 Å². The van der Waals surface area contributed by atoms with Crippen LogP contribution in [0.15, 0.2) is 255 Å². The zero-order chi connectivity index (χ0) is 47.7. The van der Waals surface area contributed by atoms with Gasteiger partial charge in [0, 0.05) is 29.4 Å². The van der Waals surface area contributed by atoms with Crippen molar-refractivity contribution in [2.75, 3.05) is 17.7 Å². The van der Waals surface area contributed by atoms with Gasteiger partial charge in [-0.15, -0.1) is 0 Å². The molecule has 0 saturated heterocycles. The second-order valence-electron chi connectivity index (χ2n) is 17.9. The molecule has 0 atom stereocenters. The Morgan fingerprint density at radius 1 is 0.310 bits per heavy atom. The molecular formula is C66H47N5. The number of nitrogens with zero attached hydrogens (tertiary/aromatic N) is 4. The molecule has 0 aliphatic heterocycles. The van der Waals surface area contributed by atoms with Gasteiger partial charge in [-0.3, -0.25) is 0 Å². The lowest BCUT2D eigenvalue weighted by Crippen LogP contribution is -2.11. The summed E-state index contributed by atoms with van der Waals surface area (Å²) < 4.78 is 0. The van der Waals surface area contributed by atoms with Crippen LogP contribution in [0.3, 0.4) is 0 Å². The van der Waals surface area contributed by atoms with Gasteiger partial charge in [0.2, 0.25) is 0 Å². The molecule has 0 bridgehead atoms. The molecule has 0 spiro atoms. The van der Waals surface area contributed by atoms with E-state index >= 15 is 0 Å².